The van der Waals surface area contributed by atoms with Crippen LogP contribution in [0, 0.1) is 0 Å². The molecule has 8 bridgehead atoms. The van der Waals surface area contributed by atoms with Crippen molar-refractivity contribution >= 4 is 138 Å². The number of ether oxygens (including phenoxy) is 4. The Labute approximate surface area is 481 Å². The highest BCUT2D eigenvalue weighted by molar-refractivity contribution is 6.51. The molecule has 9 rings (SSSR count). The number of benzene rings is 4. The number of hydrogen-bond donors (Lipinski definition) is 0. The first-order valence-corrected chi connectivity index (χ1v) is 27.5. The molecule has 4 aromatic rings. The first-order valence-electron chi connectivity index (χ1n) is 23.9. The number of allylic oxidation sites excluding steroid dienone is 16. The first-order chi connectivity index (χ1) is 37.1. The molecule has 0 saturated heterocycles. The number of hydrogen-bond acceptors (Lipinski definition) is 8. The molecule has 5 heterocycles. The van der Waals surface area contributed by atoms with Crippen molar-refractivity contribution in [3.05, 3.63) is 236 Å². The van der Waals surface area contributed by atoms with Gasteiger partial charge in [-0.05, 0) is 98.6 Å². The van der Waals surface area contributed by atoms with Gasteiger partial charge in [0.1, 0.15) is 48.0 Å². The van der Waals surface area contributed by atoms with E-state index in [4.69, 9.17) is 132 Å². The zero-order valence-electron chi connectivity index (χ0n) is 40.3. The quantitative estimate of drug-likeness (QED) is 0.0652. The number of fused-ring (bicyclic) bond motifs is 4. The predicted molar refractivity (Wildman–Crippen MR) is 319 cm³/mol. The predicted octanol–water partition coefficient (Wildman–Crippen LogP) is 18.0. The molecule has 5 aliphatic rings. The van der Waals surface area contributed by atoms with E-state index in [1.165, 1.54) is 25.0 Å². The van der Waals surface area contributed by atoms with Crippen LogP contribution in [0.3, 0.4) is 0 Å². The average Bonchev–Trinajstić information content (AvgIpc) is 4.27. The average molecular weight is 1170 g/mol. The van der Waals surface area contributed by atoms with Gasteiger partial charge < -0.3 is 18.9 Å². The summed E-state index contributed by atoms with van der Waals surface area (Å²) in [6.45, 7) is 0. The molecular formula is C60H44Cl8N4O4. The minimum atomic E-state index is 0.291. The second-order valence-electron chi connectivity index (χ2n) is 16.9. The molecule has 8 nitrogen and oxygen atoms in total. The molecule has 0 aromatic heterocycles. The lowest BCUT2D eigenvalue weighted by Crippen LogP contribution is -2.09. The molecule has 0 saturated carbocycles. The van der Waals surface area contributed by atoms with E-state index in [-0.39, 0.29) is 0 Å². The third-order valence-corrected chi connectivity index (χ3v) is 13.6. The fourth-order valence-corrected chi connectivity index (χ4v) is 10.1. The van der Waals surface area contributed by atoms with E-state index in [0.29, 0.717) is 183 Å². The summed E-state index contributed by atoms with van der Waals surface area (Å²) < 4.78 is 26.0. The Hall–Kier alpha value is -6.04. The summed E-state index contributed by atoms with van der Waals surface area (Å²) in [4.78, 5) is 21.3. The van der Waals surface area contributed by atoms with Crippen molar-refractivity contribution in [2.45, 2.75) is 25.7 Å². The van der Waals surface area contributed by atoms with Crippen LogP contribution >= 0.6 is 92.8 Å². The van der Waals surface area contributed by atoms with Crippen LogP contribution in [-0.4, -0.2) is 46.4 Å². The van der Waals surface area contributed by atoms with Gasteiger partial charge in [-0.1, -0.05) is 119 Å². The van der Waals surface area contributed by atoms with Gasteiger partial charge in [-0.3, -0.25) is 0 Å². The molecule has 0 fully saturated rings. The van der Waals surface area contributed by atoms with Gasteiger partial charge in [0.15, 0.2) is 0 Å². The normalized spacial score (nSPS) is 16.5. The minimum absolute atomic E-state index is 0.291. The fourth-order valence-electron chi connectivity index (χ4n) is 8.35. The van der Waals surface area contributed by atoms with Crippen LogP contribution in [-0.2, 0) is 0 Å². The van der Waals surface area contributed by atoms with Crippen molar-refractivity contribution in [3.63, 3.8) is 0 Å². The Morgan fingerprint density at radius 2 is 0.763 bits per heavy atom. The Morgan fingerprint density at radius 3 is 1.22 bits per heavy atom. The number of aliphatic imine (C=N–C) groups is 4. The van der Waals surface area contributed by atoms with Crippen molar-refractivity contribution in [3.8, 4) is 23.0 Å². The van der Waals surface area contributed by atoms with E-state index in [1.807, 2.05) is 146 Å². The number of halogens is 8. The van der Waals surface area contributed by atoms with Gasteiger partial charge in [-0.15, -0.1) is 46.4 Å². The molecule has 0 atom stereocenters. The van der Waals surface area contributed by atoms with E-state index < -0.39 is 0 Å². The van der Waals surface area contributed by atoms with Crippen molar-refractivity contribution in [1.29, 1.82) is 0 Å². The third kappa shape index (κ3) is 13.2. The van der Waals surface area contributed by atoms with Crippen LogP contribution in [0.2, 0.25) is 0 Å². The summed E-state index contributed by atoms with van der Waals surface area (Å²) in [5, 5.41) is 1.72. The van der Waals surface area contributed by atoms with Crippen LogP contribution in [0.15, 0.2) is 234 Å². The molecule has 0 spiro atoms. The molecular weight excluding hydrogens is 1120 g/mol. The van der Waals surface area contributed by atoms with Crippen LogP contribution in [0.1, 0.15) is 47.9 Å². The number of para-hydroxylation sites is 4. The Morgan fingerprint density at radius 1 is 0.382 bits per heavy atom. The molecule has 384 valence electrons. The van der Waals surface area contributed by atoms with Gasteiger partial charge in [-0.2, -0.15) is 0 Å². The van der Waals surface area contributed by atoms with E-state index in [9.17, 15) is 0 Å². The largest absolute Gasteiger partial charge is 0.463 e. The second kappa shape index (κ2) is 26.3. The molecule has 4 aromatic carbocycles. The monoisotopic (exact) mass is 1160 g/mol. The molecule has 0 amide bonds. The molecule has 0 aliphatic carbocycles. The maximum absolute atomic E-state index is 6.71. The molecule has 0 radical (unpaired) electrons. The zero-order chi connectivity index (χ0) is 53.0. The Kier molecular flexibility index (Phi) is 19.0. The Balaban J connectivity index is 1.45. The summed E-state index contributed by atoms with van der Waals surface area (Å²) in [5.41, 5.74) is 9.91. The lowest BCUT2D eigenvalue weighted by Gasteiger charge is -2.21. The zero-order valence-corrected chi connectivity index (χ0v) is 46.3. The number of alkyl halides is 4. The van der Waals surface area contributed by atoms with Crippen molar-refractivity contribution in [2.24, 2.45) is 20.0 Å². The maximum Gasteiger partial charge on any atom is 0.134 e. The van der Waals surface area contributed by atoms with E-state index in [2.05, 4.69) is 0 Å². The highest BCUT2D eigenvalue weighted by Crippen LogP contribution is 2.51. The number of rotatable bonds is 20. The van der Waals surface area contributed by atoms with Crippen molar-refractivity contribution < 1.29 is 18.9 Å². The molecule has 5 aliphatic heterocycles. The lowest BCUT2D eigenvalue weighted by molar-refractivity contribution is 0.475. The molecule has 0 N–H and O–H groups in total. The van der Waals surface area contributed by atoms with Gasteiger partial charge in [0.2, 0.25) is 0 Å². The topological polar surface area (TPSA) is 86.4 Å². The maximum atomic E-state index is 6.71. The fraction of sp³-hybridized carbons (Fsp3) is 0.133. The van der Waals surface area contributed by atoms with Crippen LogP contribution < -0.4 is 18.9 Å². The van der Waals surface area contributed by atoms with Crippen molar-refractivity contribution in [1.82, 2.24) is 0 Å². The van der Waals surface area contributed by atoms with E-state index in [1.54, 1.807) is 0 Å². The SMILES string of the molecule is ClCCC(Cl)=COc1ccccc1C1=CC2=CC3=NC(=CC4=NC(=CC5=NC(=C(c6ccccc6OC=C(Cl)CCCl)C1=N2)C(c1ccccc1OC=C(Cl)CCCl)=C5c1ccccc1OC=C(Cl)CCCl)C=C4)C=C3. The van der Waals surface area contributed by atoms with E-state index >= 15 is 0 Å². The van der Waals surface area contributed by atoms with Gasteiger partial charge in [-0.25, -0.2) is 20.0 Å². The highest BCUT2D eigenvalue weighted by atomic mass is 35.5. The Bertz CT molecular complexity index is 3470. The van der Waals surface area contributed by atoms with Crippen LogP contribution in [0.5, 0.6) is 23.0 Å². The van der Waals surface area contributed by atoms with Gasteiger partial charge >= 0.3 is 0 Å². The summed E-state index contributed by atoms with van der Waals surface area (Å²) >= 11 is 51.2. The van der Waals surface area contributed by atoms with Gasteiger partial charge in [0, 0.05) is 68.1 Å². The van der Waals surface area contributed by atoms with E-state index in [0.717, 1.165) is 0 Å². The van der Waals surface area contributed by atoms with Crippen LogP contribution in [0.4, 0.5) is 0 Å². The lowest BCUT2D eigenvalue weighted by atomic mass is 9.85. The molecule has 0 unspecified atom stereocenters. The second-order valence-corrected chi connectivity index (χ2v) is 20.4. The summed E-state index contributed by atoms with van der Waals surface area (Å²) in [6, 6.07) is 30.6. The summed E-state index contributed by atoms with van der Waals surface area (Å²) in [5.74, 6) is 3.07. The third-order valence-electron chi connectivity index (χ3n) is 11.7. The number of nitrogens with zero attached hydrogens (tertiary/aromatic N) is 4. The summed E-state index contributed by atoms with van der Waals surface area (Å²) in [6.07, 6.45) is 23.1. The molecule has 76 heavy (non-hydrogen) atoms. The highest BCUT2D eigenvalue weighted by Gasteiger charge is 2.36. The molecule has 16 heteroatoms. The summed E-state index contributed by atoms with van der Waals surface area (Å²) in [7, 11) is 0. The first kappa shape index (κ1) is 54.7. The van der Waals surface area contributed by atoms with Gasteiger partial charge in [0.25, 0.3) is 0 Å². The van der Waals surface area contributed by atoms with Crippen LogP contribution in [0.25, 0.3) is 22.3 Å². The standard InChI is InChI=1S/C60H44Cl8N4O4/c61-25-21-37(65)33-73-52-13-5-1-9-46(52)50-31-45-30-43-18-17-41(69-43)29-42-19-20-44(70-42)32-51-56(47-10-2-6-14-53(47)74-34-38(66)22-26-62)57(48-11-3-7-15-54(48)75-35-39(67)23-27-63)60(72-51)58(59(50)71-45)49-12-4-8-16-55(49)76-36-40(68)24-28-64/h1-20,29-36H,21-28H2. The minimum Gasteiger partial charge on any atom is -0.463 e. The van der Waals surface area contributed by atoms with Gasteiger partial charge in [0.05, 0.1) is 65.8 Å². The smallest absolute Gasteiger partial charge is 0.134 e. The van der Waals surface area contributed by atoms with Crippen molar-refractivity contribution in [2.75, 3.05) is 23.5 Å².